The van der Waals surface area contributed by atoms with Gasteiger partial charge in [-0.05, 0) is 37.1 Å². The number of nitrogens with zero attached hydrogens (tertiary/aromatic N) is 4. The Morgan fingerprint density at radius 3 is 2.70 bits per heavy atom. The average Bonchev–Trinajstić information content (AvgIpc) is 3.05. The van der Waals surface area contributed by atoms with Crippen LogP contribution in [0.4, 0.5) is 0 Å². The number of amides is 1. The summed E-state index contributed by atoms with van der Waals surface area (Å²) in [4.78, 5) is 25.1. The molecule has 0 bridgehead atoms. The molecule has 1 aromatic carbocycles. The predicted molar refractivity (Wildman–Crippen MR) is 85.3 cm³/mol. The third kappa shape index (κ3) is 3.42. The molecule has 1 fully saturated rings. The van der Waals surface area contributed by atoms with E-state index in [0.717, 1.165) is 10.2 Å². The van der Waals surface area contributed by atoms with Crippen molar-refractivity contribution in [3.05, 3.63) is 40.6 Å². The van der Waals surface area contributed by atoms with E-state index in [4.69, 9.17) is 5.11 Å². The number of piperidine rings is 1. The molecule has 1 atom stereocenters. The van der Waals surface area contributed by atoms with Gasteiger partial charge in [0.25, 0.3) is 5.91 Å². The molecule has 1 saturated heterocycles. The molecule has 8 heteroatoms. The van der Waals surface area contributed by atoms with Gasteiger partial charge in [0.15, 0.2) is 5.69 Å². The molecule has 2 heterocycles. The lowest BCUT2D eigenvalue weighted by molar-refractivity contribution is -0.143. The van der Waals surface area contributed by atoms with E-state index >= 15 is 0 Å². The Kier molecular flexibility index (Phi) is 4.42. The number of likely N-dealkylation sites (tertiary alicyclic amines) is 1. The molecule has 1 unspecified atom stereocenters. The molecule has 1 aliphatic rings. The maximum atomic E-state index is 12.5. The van der Waals surface area contributed by atoms with E-state index in [1.165, 1.54) is 9.58 Å². The first kappa shape index (κ1) is 15.7. The van der Waals surface area contributed by atoms with Crippen molar-refractivity contribution in [2.45, 2.75) is 12.8 Å². The summed E-state index contributed by atoms with van der Waals surface area (Å²) in [6.45, 7) is 0.771. The highest BCUT2D eigenvalue weighted by Gasteiger charge is 2.29. The predicted octanol–water partition coefficient (Wildman–Crippen LogP) is 1.97. The number of carboxylic acids is 1. The topological polar surface area (TPSA) is 88.3 Å². The number of aromatic nitrogens is 3. The summed E-state index contributed by atoms with van der Waals surface area (Å²) in [7, 11) is 0. The second-order valence-corrected chi connectivity index (χ2v) is 6.37. The Bertz CT molecular complexity index is 729. The molecule has 0 aliphatic carbocycles. The number of rotatable bonds is 3. The fourth-order valence-corrected chi connectivity index (χ4v) is 2.87. The van der Waals surface area contributed by atoms with Crippen LogP contribution >= 0.6 is 15.9 Å². The zero-order valence-corrected chi connectivity index (χ0v) is 13.8. The maximum Gasteiger partial charge on any atom is 0.308 e. The van der Waals surface area contributed by atoms with Crippen molar-refractivity contribution in [2.24, 2.45) is 5.92 Å². The van der Waals surface area contributed by atoms with Crippen molar-refractivity contribution < 1.29 is 14.7 Å². The number of hydrogen-bond donors (Lipinski definition) is 1. The minimum atomic E-state index is -0.860. The Morgan fingerprint density at radius 1 is 1.26 bits per heavy atom. The van der Waals surface area contributed by atoms with Crippen molar-refractivity contribution in [1.82, 2.24) is 19.9 Å². The first-order valence-corrected chi connectivity index (χ1v) is 8.04. The van der Waals surface area contributed by atoms with Gasteiger partial charge < -0.3 is 10.0 Å². The minimum Gasteiger partial charge on any atom is -0.481 e. The van der Waals surface area contributed by atoms with Gasteiger partial charge in [0, 0.05) is 17.6 Å². The van der Waals surface area contributed by atoms with Gasteiger partial charge >= 0.3 is 5.97 Å². The monoisotopic (exact) mass is 378 g/mol. The van der Waals surface area contributed by atoms with Gasteiger partial charge in [-0.15, -0.1) is 5.10 Å². The first-order valence-electron chi connectivity index (χ1n) is 7.25. The fourth-order valence-electron chi connectivity index (χ4n) is 2.61. The van der Waals surface area contributed by atoms with Crippen LogP contribution in [0.5, 0.6) is 0 Å². The molecule has 0 saturated carbocycles. The summed E-state index contributed by atoms with van der Waals surface area (Å²) in [5.74, 6) is -1.64. The smallest absolute Gasteiger partial charge is 0.308 e. The van der Waals surface area contributed by atoms with Gasteiger partial charge in [0.1, 0.15) is 0 Å². The van der Waals surface area contributed by atoms with Gasteiger partial charge in [0.05, 0.1) is 17.8 Å². The molecule has 0 radical (unpaired) electrons. The molecule has 120 valence electrons. The Balaban J connectivity index is 1.75. The van der Waals surface area contributed by atoms with E-state index in [2.05, 4.69) is 26.2 Å². The molecule has 7 nitrogen and oxygen atoms in total. The zero-order valence-electron chi connectivity index (χ0n) is 12.2. The Morgan fingerprint density at radius 2 is 2.00 bits per heavy atom. The van der Waals surface area contributed by atoms with Gasteiger partial charge in [-0.1, -0.05) is 21.1 Å². The van der Waals surface area contributed by atoms with Gasteiger partial charge in [-0.25, -0.2) is 4.68 Å². The molecule has 2 aromatic rings. The van der Waals surface area contributed by atoms with Crippen LogP contribution in [-0.4, -0.2) is 50.0 Å². The quantitative estimate of drug-likeness (QED) is 0.881. The van der Waals surface area contributed by atoms with E-state index in [1.54, 1.807) is 6.20 Å². The van der Waals surface area contributed by atoms with E-state index in [9.17, 15) is 9.59 Å². The minimum absolute atomic E-state index is 0.221. The van der Waals surface area contributed by atoms with Crippen molar-refractivity contribution in [3.63, 3.8) is 0 Å². The lowest BCUT2D eigenvalue weighted by Gasteiger charge is -2.29. The summed E-state index contributed by atoms with van der Waals surface area (Å²) in [5.41, 5.74) is 1.01. The second-order valence-electron chi connectivity index (χ2n) is 5.45. The normalized spacial score (nSPS) is 18.0. The van der Waals surface area contributed by atoms with Gasteiger partial charge in [-0.3, -0.25) is 9.59 Å². The number of carbonyl (C=O) groups excluding carboxylic acids is 1. The van der Waals surface area contributed by atoms with Crippen LogP contribution in [0.15, 0.2) is 34.9 Å². The molecule has 0 spiro atoms. The van der Waals surface area contributed by atoms with E-state index in [1.807, 2.05) is 24.3 Å². The molecular weight excluding hydrogens is 364 g/mol. The summed E-state index contributed by atoms with van der Waals surface area (Å²) in [5, 5.41) is 17.0. The summed E-state index contributed by atoms with van der Waals surface area (Å²) >= 11 is 3.36. The van der Waals surface area contributed by atoms with E-state index < -0.39 is 11.9 Å². The summed E-state index contributed by atoms with van der Waals surface area (Å²) < 4.78 is 2.48. The third-order valence-electron chi connectivity index (χ3n) is 3.86. The van der Waals surface area contributed by atoms with Gasteiger partial charge in [-0.2, -0.15) is 0 Å². The number of aliphatic carboxylic acids is 1. The molecule has 1 amide bonds. The third-order valence-corrected chi connectivity index (χ3v) is 4.39. The maximum absolute atomic E-state index is 12.5. The van der Waals surface area contributed by atoms with Crippen LogP contribution in [-0.2, 0) is 4.79 Å². The Labute approximate surface area is 141 Å². The zero-order chi connectivity index (χ0) is 16.4. The number of carbonyl (C=O) groups is 2. The summed E-state index contributed by atoms with van der Waals surface area (Å²) in [6.07, 6.45) is 2.85. The van der Waals surface area contributed by atoms with Gasteiger partial charge in [0.2, 0.25) is 0 Å². The fraction of sp³-hybridized carbons (Fsp3) is 0.333. The second kappa shape index (κ2) is 6.49. The number of benzene rings is 1. The van der Waals surface area contributed by atoms with Crippen LogP contribution in [0.2, 0.25) is 0 Å². The van der Waals surface area contributed by atoms with Crippen LogP contribution in [0, 0.1) is 5.92 Å². The molecule has 1 aliphatic heterocycles. The lowest BCUT2D eigenvalue weighted by atomic mass is 9.98. The highest BCUT2D eigenvalue weighted by atomic mass is 79.9. The highest BCUT2D eigenvalue weighted by molar-refractivity contribution is 9.10. The molecular formula is C15H15BrN4O3. The average molecular weight is 379 g/mol. The van der Waals surface area contributed by atoms with Crippen molar-refractivity contribution in [3.8, 4) is 5.69 Å². The van der Waals surface area contributed by atoms with Crippen molar-refractivity contribution in [2.75, 3.05) is 13.1 Å². The van der Waals surface area contributed by atoms with Crippen LogP contribution in [0.3, 0.4) is 0 Å². The van der Waals surface area contributed by atoms with Crippen LogP contribution in [0.25, 0.3) is 5.69 Å². The lowest BCUT2D eigenvalue weighted by Crippen LogP contribution is -2.42. The first-order chi connectivity index (χ1) is 11.0. The number of hydrogen-bond acceptors (Lipinski definition) is 4. The van der Waals surface area contributed by atoms with E-state index in [-0.39, 0.29) is 18.1 Å². The van der Waals surface area contributed by atoms with Crippen molar-refractivity contribution >= 4 is 27.8 Å². The Hall–Kier alpha value is -2.22. The number of carboxylic acid groups (broad SMARTS) is 1. The number of halogens is 1. The van der Waals surface area contributed by atoms with Crippen LogP contribution in [0.1, 0.15) is 23.3 Å². The van der Waals surface area contributed by atoms with E-state index in [0.29, 0.717) is 19.4 Å². The molecule has 23 heavy (non-hydrogen) atoms. The molecule has 1 N–H and O–H groups in total. The largest absolute Gasteiger partial charge is 0.481 e. The molecule has 1 aromatic heterocycles. The van der Waals surface area contributed by atoms with Crippen molar-refractivity contribution in [1.29, 1.82) is 0 Å². The standard InChI is InChI=1S/C15H15BrN4O3/c16-11-3-5-12(6-4-11)20-9-13(17-18-20)14(21)19-7-1-2-10(8-19)15(22)23/h3-6,9-10H,1-2,7-8H2,(H,22,23). The molecule has 3 rings (SSSR count). The summed E-state index contributed by atoms with van der Waals surface area (Å²) in [6, 6.07) is 7.46. The highest BCUT2D eigenvalue weighted by Crippen LogP contribution is 2.19. The SMILES string of the molecule is O=C(O)C1CCCN(C(=O)c2cn(-c3ccc(Br)cc3)nn2)C1. The van der Waals surface area contributed by atoms with Crippen LogP contribution < -0.4 is 0 Å².